The number of nitrogens with one attached hydrogen (secondary N) is 1. The third-order valence-corrected chi connectivity index (χ3v) is 5.13. The number of carbonyl (C=O) groups is 2. The van der Waals surface area contributed by atoms with E-state index in [-0.39, 0.29) is 4.90 Å². The van der Waals surface area contributed by atoms with E-state index in [2.05, 4.69) is 15.9 Å². The zero-order valence-corrected chi connectivity index (χ0v) is 14.1. The van der Waals surface area contributed by atoms with Crippen LogP contribution < -0.4 is 10.1 Å². The van der Waals surface area contributed by atoms with Crippen LogP contribution in [0.5, 0.6) is 5.75 Å². The molecule has 1 aromatic carbocycles. The molecule has 0 saturated carbocycles. The van der Waals surface area contributed by atoms with Crippen molar-refractivity contribution in [1.82, 2.24) is 5.32 Å². The lowest BCUT2D eigenvalue weighted by Crippen LogP contribution is -2.50. The molecular formula is C13H14BrN2O5S+. The van der Waals surface area contributed by atoms with Gasteiger partial charge in [-0.2, -0.15) is 18.5 Å². The Hall–Kier alpha value is -1.74. The third kappa shape index (κ3) is 3.36. The fourth-order valence-electron chi connectivity index (χ4n) is 1.71. The molecular weight excluding hydrogens is 376 g/mol. The number of ether oxygens (including phenoxy) is 1. The smallest absolute Gasteiger partial charge is 0.494 e. The van der Waals surface area contributed by atoms with Crippen LogP contribution in [0.15, 0.2) is 29.2 Å². The van der Waals surface area contributed by atoms with Crippen molar-refractivity contribution >= 4 is 44.1 Å². The van der Waals surface area contributed by atoms with Crippen molar-refractivity contribution in [3.8, 4) is 5.75 Å². The van der Waals surface area contributed by atoms with Crippen LogP contribution in [0.1, 0.15) is 13.3 Å². The van der Waals surface area contributed by atoms with Crippen molar-refractivity contribution in [3.05, 3.63) is 24.3 Å². The topological polar surface area (TPSA) is 92.6 Å². The molecule has 0 spiro atoms. The van der Waals surface area contributed by atoms with Crippen molar-refractivity contribution in [1.29, 1.82) is 0 Å². The Morgan fingerprint density at radius 1 is 1.27 bits per heavy atom. The molecule has 2 rings (SSSR count). The summed E-state index contributed by atoms with van der Waals surface area (Å²) in [5.41, 5.74) is 0. The van der Waals surface area contributed by atoms with Crippen LogP contribution in [-0.4, -0.2) is 42.0 Å². The molecule has 1 heterocycles. The van der Waals surface area contributed by atoms with Gasteiger partial charge in [0.05, 0.1) is 6.61 Å². The Bertz CT molecular complexity index is 727. The number of sulfonamides is 1. The summed E-state index contributed by atoms with van der Waals surface area (Å²) < 4.78 is 30.8. The van der Waals surface area contributed by atoms with Gasteiger partial charge in [0.25, 0.3) is 0 Å². The van der Waals surface area contributed by atoms with Crippen LogP contribution in [0.4, 0.5) is 4.79 Å². The number of amides is 3. The number of benzene rings is 1. The molecule has 22 heavy (non-hydrogen) atoms. The number of halogens is 1. The highest BCUT2D eigenvalue weighted by Gasteiger charge is 2.40. The van der Waals surface area contributed by atoms with E-state index in [1.54, 1.807) is 0 Å². The normalized spacial score (nSPS) is 18.6. The van der Waals surface area contributed by atoms with Crippen LogP contribution in [0.25, 0.3) is 0 Å². The Labute approximate surface area is 136 Å². The van der Waals surface area contributed by atoms with Gasteiger partial charge in [-0.1, -0.05) is 26.8 Å². The van der Waals surface area contributed by atoms with Crippen LogP contribution in [0.3, 0.4) is 0 Å². The summed E-state index contributed by atoms with van der Waals surface area (Å²) in [6, 6.07) is 4.72. The molecule has 0 fully saturated rings. The van der Waals surface area contributed by atoms with E-state index >= 15 is 0 Å². The number of alkyl halides is 1. The van der Waals surface area contributed by atoms with Gasteiger partial charge in [0.1, 0.15) is 16.9 Å². The average molecular weight is 390 g/mol. The van der Waals surface area contributed by atoms with E-state index in [4.69, 9.17) is 4.74 Å². The SMILES string of the molecule is CCCOc1ccc(S(=O)(=O)[N+]2=CC(Br)C(=O)NC2=O)cc1. The van der Waals surface area contributed by atoms with E-state index in [9.17, 15) is 18.0 Å². The van der Waals surface area contributed by atoms with Gasteiger partial charge in [-0.15, -0.1) is 0 Å². The molecule has 0 bridgehead atoms. The average Bonchev–Trinajstić information content (AvgIpc) is 2.49. The summed E-state index contributed by atoms with van der Waals surface area (Å²) in [5.74, 6) is -0.0683. The maximum Gasteiger partial charge on any atom is 0.514 e. The van der Waals surface area contributed by atoms with Crippen molar-refractivity contribution in [2.24, 2.45) is 0 Å². The van der Waals surface area contributed by atoms with Crippen molar-refractivity contribution < 1.29 is 26.7 Å². The molecule has 0 aromatic heterocycles. The summed E-state index contributed by atoms with van der Waals surface area (Å²) in [6.45, 7) is 2.49. The second kappa shape index (κ2) is 6.57. The van der Waals surface area contributed by atoms with Gasteiger partial charge in [0, 0.05) is 0 Å². The maximum atomic E-state index is 12.4. The summed E-state index contributed by atoms with van der Waals surface area (Å²) >= 11 is 2.98. The predicted octanol–water partition coefficient (Wildman–Crippen LogP) is 1.26. The monoisotopic (exact) mass is 389 g/mol. The lowest BCUT2D eigenvalue weighted by Gasteiger charge is -2.11. The molecule has 0 saturated heterocycles. The Morgan fingerprint density at radius 3 is 2.50 bits per heavy atom. The van der Waals surface area contributed by atoms with Crippen molar-refractivity contribution in [3.63, 3.8) is 0 Å². The Kier molecular flexibility index (Phi) is 4.97. The molecule has 0 radical (unpaired) electrons. The molecule has 3 amide bonds. The molecule has 1 unspecified atom stereocenters. The minimum atomic E-state index is -4.08. The maximum absolute atomic E-state index is 12.4. The van der Waals surface area contributed by atoms with E-state index < -0.39 is 26.8 Å². The summed E-state index contributed by atoms with van der Waals surface area (Å²) in [7, 11) is -4.08. The molecule has 9 heteroatoms. The fraction of sp³-hybridized carbons (Fsp3) is 0.308. The third-order valence-electron chi connectivity index (χ3n) is 2.80. The highest BCUT2D eigenvalue weighted by Crippen LogP contribution is 2.19. The molecule has 118 valence electrons. The number of imide groups is 1. The van der Waals surface area contributed by atoms with Gasteiger partial charge in [-0.3, -0.25) is 0 Å². The number of nitrogens with zero attached hydrogens (tertiary/aromatic N) is 1. The van der Waals surface area contributed by atoms with E-state index in [1.807, 2.05) is 12.2 Å². The van der Waals surface area contributed by atoms with Gasteiger partial charge in [-0.25, -0.2) is 4.79 Å². The highest BCUT2D eigenvalue weighted by molar-refractivity contribution is 9.10. The minimum Gasteiger partial charge on any atom is -0.494 e. The lowest BCUT2D eigenvalue weighted by atomic mass is 10.3. The first-order chi connectivity index (χ1) is 10.4. The predicted molar refractivity (Wildman–Crippen MR) is 82.0 cm³/mol. The summed E-state index contributed by atoms with van der Waals surface area (Å²) in [6.07, 6.45) is 1.85. The van der Waals surface area contributed by atoms with E-state index in [0.29, 0.717) is 16.3 Å². The van der Waals surface area contributed by atoms with Gasteiger partial charge < -0.3 is 4.74 Å². The number of urea groups is 1. The van der Waals surface area contributed by atoms with Crippen LogP contribution in [-0.2, 0) is 14.8 Å². The van der Waals surface area contributed by atoms with Gasteiger partial charge in [0.15, 0.2) is 4.83 Å². The molecule has 7 nitrogen and oxygen atoms in total. The minimum absolute atomic E-state index is 0.0724. The summed E-state index contributed by atoms with van der Waals surface area (Å²) in [5, 5.41) is 1.96. The Balaban J connectivity index is 2.32. The number of hydrogen-bond acceptors (Lipinski definition) is 5. The van der Waals surface area contributed by atoms with E-state index in [1.165, 1.54) is 24.3 Å². The zero-order chi connectivity index (χ0) is 16.3. The first kappa shape index (κ1) is 16.6. The largest absolute Gasteiger partial charge is 0.514 e. The van der Waals surface area contributed by atoms with Crippen molar-refractivity contribution in [2.75, 3.05) is 6.61 Å². The number of carbonyl (C=O) groups excluding carboxylic acids is 2. The zero-order valence-electron chi connectivity index (χ0n) is 11.7. The molecule has 1 atom stereocenters. The molecule has 1 aromatic rings. The molecule has 1 N–H and O–H groups in total. The van der Waals surface area contributed by atoms with Crippen LogP contribution >= 0.6 is 15.9 Å². The standard InChI is InChI=1S/C13H13BrN2O5S/c1-2-7-21-9-3-5-10(6-4-9)22(19,20)16-8-11(14)12(17)15-13(16)18/h3-6,8,11H,2,7H2,1H3/p+1. The van der Waals surface area contributed by atoms with Crippen molar-refractivity contribution in [2.45, 2.75) is 23.1 Å². The van der Waals surface area contributed by atoms with Crippen LogP contribution in [0.2, 0.25) is 0 Å². The van der Waals surface area contributed by atoms with Gasteiger partial charge in [-0.05, 0) is 30.7 Å². The van der Waals surface area contributed by atoms with Gasteiger partial charge in [0.2, 0.25) is 0 Å². The first-order valence-corrected chi connectivity index (χ1v) is 8.83. The number of rotatable bonds is 5. The first-order valence-electron chi connectivity index (χ1n) is 6.47. The molecule has 0 aliphatic carbocycles. The van der Waals surface area contributed by atoms with E-state index in [0.717, 1.165) is 12.6 Å². The van der Waals surface area contributed by atoms with Crippen LogP contribution in [0, 0.1) is 0 Å². The Morgan fingerprint density at radius 2 is 1.91 bits per heavy atom. The molecule has 1 aliphatic heterocycles. The number of hydrogen-bond donors (Lipinski definition) is 1. The fourth-order valence-corrected chi connectivity index (χ4v) is 3.47. The molecule has 1 aliphatic rings. The lowest BCUT2D eigenvalue weighted by molar-refractivity contribution is -0.254. The second-order valence-electron chi connectivity index (χ2n) is 4.47. The van der Waals surface area contributed by atoms with Gasteiger partial charge >= 0.3 is 22.0 Å². The summed E-state index contributed by atoms with van der Waals surface area (Å²) in [4.78, 5) is 22.1. The quantitative estimate of drug-likeness (QED) is 0.604. The second-order valence-corrected chi connectivity index (χ2v) is 7.27. The highest BCUT2D eigenvalue weighted by atomic mass is 79.9.